The third kappa shape index (κ3) is 2.63. The van der Waals surface area contributed by atoms with Crippen LogP contribution in [0.25, 0.3) is 0 Å². The normalized spacial score (nSPS) is 21.1. The summed E-state index contributed by atoms with van der Waals surface area (Å²) in [4.78, 5) is 0. The van der Waals surface area contributed by atoms with Gasteiger partial charge in [0.1, 0.15) is 5.75 Å². The van der Waals surface area contributed by atoms with Crippen LogP contribution in [0.2, 0.25) is 5.02 Å². The number of hydrogen-bond donors (Lipinski definition) is 1. The molecular formula is C11H14ClNO. The molecule has 0 radical (unpaired) electrons. The van der Waals surface area contributed by atoms with Crippen molar-refractivity contribution in [3.05, 3.63) is 29.3 Å². The minimum absolute atomic E-state index is 0.647. The molecule has 1 heterocycles. The number of nitrogens with one attached hydrogen (secondary N) is 1. The van der Waals surface area contributed by atoms with E-state index in [1.807, 2.05) is 24.3 Å². The van der Waals surface area contributed by atoms with Crippen molar-refractivity contribution < 1.29 is 4.74 Å². The molecule has 1 aliphatic heterocycles. The molecule has 0 spiro atoms. The molecule has 1 aromatic carbocycles. The molecule has 0 saturated carbocycles. The predicted molar refractivity (Wildman–Crippen MR) is 57.9 cm³/mol. The highest BCUT2D eigenvalue weighted by Crippen LogP contribution is 2.18. The molecule has 0 aromatic heterocycles. The number of hydrogen-bond acceptors (Lipinski definition) is 2. The van der Waals surface area contributed by atoms with Gasteiger partial charge in [0.15, 0.2) is 0 Å². The third-order valence-electron chi connectivity index (χ3n) is 2.44. The monoisotopic (exact) mass is 211 g/mol. The summed E-state index contributed by atoms with van der Waals surface area (Å²) in [5.41, 5.74) is 0. The van der Waals surface area contributed by atoms with Gasteiger partial charge in [-0.05, 0) is 31.2 Å². The minimum Gasteiger partial charge on any atom is -0.493 e. The number of rotatable bonds is 3. The summed E-state index contributed by atoms with van der Waals surface area (Å²) >= 11 is 5.85. The van der Waals surface area contributed by atoms with Gasteiger partial charge in [0.05, 0.1) is 6.61 Å². The van der Waals surface area contributed by atoms with Crippen molar-refractivity contribution in [1.82, 2.24) is 5.32 Å². The van der Waals surface area contributed by atoms with Crippen molar-refractivity contribution in [2.24, 2.45) is 5.92 Å². The van der Waals surface area contributed by atoms with E-state index < -0.39 is 0 Å². The lowest BCUT2D eigenvalue weighted by atomic mass is 10.1. The van der Waals surface area contributed by atoms with Crippen LogP contribution in [0.15, 0.2) is 24.3 Å². The highest BCUT2D eigenvalue weighted by molar-refractivity contribution is 6.30. The maximum Gasteiger partial charge on any atom is 0.120 e. The largest absolute Gasteiger partial charge is 0.493 e. The molecule has 1 aliphatic rings. The molecule has 1 saturated heterocycles. The van der Waals surface area contributed by atoms with Crippen LogP contribution >= 0.6 is 11.6 Å². The Morgan fingerprint density at radius 1 is 1.50 bits per heavy atom. The van der Waals surface area contributed by atoms with Gasteiger partial charge >= 0.3 is 0 Å². The van der Waals surface area contributed by atoms with E-state index in [2.05, 4.69) is 5.32 Å². The van der Waals surface area contributed by atoms with E-state index in [0.717, 1.165) is 30.5 Å². The highest BCUT2D eigenvalue weighted by Gasteiger charge is 2.14. The molecule has 0 amide bonds. The Morgan fingerprint density at radius 3 is 3.14 bits per heavy atom. The molecule has 2 nitrogen and oxygen atoms in total. The topological polar surface area (TPSA) is 21.3 Å². The van der Waals surface area contributed by atoms with Gasteiger partial charge < -0.3 is 10.1 Å². The van der Waals surface area contributed by atoms with Crippen LogP contribution in [-0.4, -0.2) is 19.7 Å². The molecule has 1 fully saturated rings. The first-order valence-corrected chi connectivity index (χ1v) is 5.31. The van der Waals surface area contributed by atoms with Crippen LogP contribution in [0.5, 0.6) is 5.75 Å². The second-order valence-electron chi connectivity index (χ2n) is 3.63. The molecule has 2 rings (SSSR count). The lowest BCUT2D eigenvalue weighted by Gasteiger charge is -2.10. The van der Waals surface area contributed by atoms with Crippen LogP contribution in [0, 0.1) is 5.92 Å². The van der Waals surface area contributed by atoms with Gasteiger partial charge in [-0.2, -0.15) is 0 Å². The molecule has 1 N–H and O–H groups in total. The van der Waals surface area contributed by atoms with Gasteiger partial charge in [-0.3, -0.25) is 0 Å². The summed E-state index contributed by atoms with van der Waals surface area (Å²) < 4.78 is 5.65. The smallest absolute Gasteiger partial charge is 0.120 e. The number of benzene rings is 1. The summed E-state index contributed by atoms with van der Waals surface area (Å²) in [7, 11) is 0. The first-order valence-electron chi connectivity index (χ1n) is 4.94. The van der Waals surface area contributed by atoms with E-state index in [9.17, 15) is 0 Å². The molecule has 1 atom stereocenters. The molecule has 76 valence electrons. The van der Waals surface area contributed by atoms with Crippen LogP contribution in [0.1, 0.15) is 6.42 Å². The third-order valence-corrected chi connectivity index (χ3v) is 2.68. The van der Waals surface area contributed by atoms with Gasteiger partial charge in [0.2, 0.25) is 0 Å². The van der Waals surface area contributed by atoms with Crippen molar-refractivity contribution in [3.8, 4) is 5.75 Å². The van der Waals surface area contributed by atoms with Gasteiger partial charge in [0.25, 0.3) is 0 Å². The molecule has 1 aromatic rings. The molecule has 0 bridgehead atoms. The Bertz CT molecular complexity index is 297. The first-order chi connectivity index (χ1) is 6.84. The number of halogens is 1. The zero-order chi connectivity index (χ0) is 9.80. The molecule has 1 unspecified atom stereocenters. The average molecular weight is 212 g/mol. The maximum absolute atomic E-state index is 5.85. The highest BCUT2D eigenvalue weighted by atomic mass is 35.5. The first kappa shape index (κ1) is 9.81. The van der Waals surface area contributed by atoms with E-state index in [1.165, 1.54) is 6.42 Å². The molecule has 3 heteroatoms. The fraction of sp³-hybridized carbons (Fsp3) is 0.455. The van der Waals surface area contributed by atoms with Gasteiger partial charge in [-0.1, -0.05) is 17.7 Å². The summed E-state index contributed by atoms with van der Waals surface area (Å²) in [6.07, 6.45) is 1.21. The van der Waals surface area contributed by atoms with E-state index >= 15 is 0 Å². The Kier molecular flexibility index (Phi) is 3.27. The summed E-state index contributed by atoms with van der Waals surface area (Å²) in [6.45, 7) is 2.97. The zero-order valence-corrected chi connectivity index (χ0v) is 8.76. The van der Waals surface area contributed by atoms with Crippen LogP contribution < -0.4 is 10.1 Å². The molecule has 14 heavy (non-hydrogen) atoms. The van der Waals surface area contributed by atoms with Crippen molar-refractivity contribution in [1.29, 1.82) is 0 Å². The quantitative estimate of drug-likeness (QED) is 0.829. The van der Waals surface area contributed by atoms with Gasteiger partial charge in [0, 0.05) is 17.5 Å². The van der Waals surface area contributed by atoms with Gasteiger partial charge in [-0.15, -0.1) is 0 Å². The van der Waals surface area contributed by atoms with Crippen molar-refractivity contribution in [2.75, 3.05) is 19.7 Å². The van der Waals surface area contributed by atoms with Crippen molar-refractivity contribution in [3.63, 3.8) is 0 Å². The minimum atomic E-state index is 0.647. The Labute approximate surface area is 89.2 Å². The zero-order valence-electron chi connectivity index (χ0n) is 8.00. The standard InChI is InChI=1S/C11H14ClNO/c12-10-2-1-3-11(6-10)14-8-9-4-5-13-7-9/h1-3,6,9,13H,4-5,7-8H2. The van der Waals surface area contributed by atoms with E-state index in [1.54, 1.807) is 0 Å². The van der Waals surface area contributed by atoms with Crippen LogP contribution in [0.4, 0.5) is 0 Å². The predicted octanol–water partition coefficient (Wildman–Crippen LogP) is 2.33. The van der Waals surface area contributed by atoms with Crippen LogP contribution in [-0.2, 0) is 0 Å². The Hall–Kier alpha value is -0.730. The van der Waals surface area contributed by atoms with Crippen molar-refractivity contribution in [2.45, 2.75) is 6.42 Å². The van der Waals surface area contributed by atoms with Crippen molar-refractivity contribution >= 4 is 11.6 Å². The van der Waals surface area contributed by atoms with E-state index in [0.29, 0.717) is 5.92 Å². The second-order valence-corrected chi connectivity index (χ2v) is 4.06. The SMILES string of the molecule is Clc1cccc(OCC2CCNC2)c1. The lowest BCUT2D eigenvalue weighted by molar-refractivity contribution is 0.260. The number of ether oxygens (including phenoxy) is 1. The average Bonchev–Trinajstić information content (AvgIpc) is 2.67. The van der Waals surface area contributed by atoms with E-state index in [4.69, 9.17) is 16.3 Å². The Morgan fingerprint density at radius 2 is 2.43 bits per heavy atom. The van der Waals surface area contributed by atoms with Gasteiger partial charge in [-0.25, -0.2) is 0 Å². The summed E-state index contributed by atoms with van der Waals surface area (Å²) in [6, 6.07) is 7.55. The van der Waals surface area contributed by atoms with E-state index in [-0.39, 0.29) is 0 Å². The summed E-state index contributed by atoms with van der Waals surface area (Å²) in [5, 5.41) is 4.04. The fourth-order valence-corrected chi connectivity index (χ4v) is 1.81. The fourth-order valence-electron chi connectivity index (χ4n) is 1.63. The maximum atomic E-state index is 5.85. The molecule has 0 aliphatic carbocycles. The second kappa shape index (κ2) is 4.67. The lowest BCUT2D eigenvalue weighted by Crippen LogP contribution is -2.15. The Balaban J connectivity index is 1.85. The summed E-state index contributed by atoms with van der Waals surface area (Å²) in [5.74, 6) is 1.51. The van der Waals surface area contributed by atoms with Crippen LogP contribution in [0.3, 0.4) is 0 Å². The molecular weight excluding hydrogens is 198 g/mol.